The van der Waals surface area contributed by atoms with Gasteiger partial charge < -0.3 is 20.3 Å². The lowest BCUT2D eigenvalue weighted by molar-refractivity contribution is 0.258. The van der Waals surface area contributed by atoms with Crippen molar-refractivity contribution in [2.45, 2.75) is 18.9 Å². The quantitative estimate of drug-likeness (QED) is 0.830. The van der Waals surface area contributed by atoms with Crippen LogP contribution in [0.3, 0.4) is 0 Å². The molecule has 4 nitrogen and oxygen atoms in total. The molecular weight excluding hydrogens is 226 g/mol. The van der Waals surface area contributed by atoms with E-state index in [0.29, 0.717) is 6.04 Å². The van der Waals surface area contributed by atoms with Gasteiger partial charge in [0.2, 0.25) is 0 Å². The van der Waals surface area contributed by atoms with Crippen molar-refractivity contribution in [2.75, 3.05) is 44.9 Å². The number of hydrogen-bond donors (Lipinski definition) is 1. The highest BCUT2D eigenvalue weighted by molar-refractivity contribution is 5.60. The number of benzene rings is 1. The Balaban J connectivity index is 2.17. The first kappa shape index (κ1) is 13.0. The Morgan fingerprint density at radius 2 is 2.11 bits per heavy atom. The molecule has 1 fully saturated rings. The maximum Gasteiger partial charge on any atom is 0.122 e. The third kappa shape index (κ3) is 2.88. The number of piperidine rings is 1. The molecule has 1 aromatic rings. The van der Waals surface area contributed by atoms with Crippen molar-refractivity contribution in [3.63, 3.8) is 0 Å². The van der Waals surface area contributed by atoms with Gasteiger partial charge in [0.15, 0.2) is 0 Å². The molecule has 1 aliphatic rings. The molecule has 1 aromatic carbocycles. The predicted octanol–water partition coefficient (Wildman–Crippen LogP) is 1.81. The topological polar surface area (TPSA) is 41.7 Å². The fraction of sp³-hybridized carbons (Fsp3) is 0.571. The summed E-state index contributed by atoms with van der Waals surface area (Å²) in [5.74, 6) is 0.831. The molecule has 0 saturated carbocycles. The molecule has 1 unspecified atom stereocenters. The van der Waals surface area contributed by atoms with Crippen molar-refractivity contribution < 1.29 is 4.74 Å². The number of anilines is 2. The zero-order chi connectivity index (χ0) is 13.1. The Kier molecular flexibility index (Phi) is 3.97. The van der Waals surface area contributed by atoms with Crippen molar-refractivity contribution in [1.82, 2.24) is 4.90 Å². The summed E-state index contributed by atoms with van der Waals surface area (Å²) in [5.41, 5.74) is 7.84. The smallest absolute Gasteiger partial charge is 0.122 e. The van der Waals surface area contributed by atoms with Crippen LogP contribution in [0.5, 0.6) is 5.75 Å². The number of hydrogen-bond acceptors (Lipinski definition) is 4. The van der Waals surface area contributed by atoms with Crippen LogP contribution in [0.4, 0.5) is 11.4 Å². The van der Waals surface area contributed by atoms with Crippen LogP contribution in [0, 0.1) is 0 Å². The number of nitrogens with two attached hydrogens (primary N) is 1. The van der Waals surface area contributed by atoms with Gasteiger partial charge in [-0.15, -0.1) is 0 Å². The van der Waals surface area contributed by atoms with Crippen LogP contribution in [0.1, 0.15) is 12.8 Å². The van der Waals surface area contributed by atoms with E-state index >= 15 is 0 Å². The summed E-state index contributed by atoms with van der Waals surface area (Å²) in [6.07, 6.45) is 2.49. The summed E-state index contributed by atoms with van der Waals surface area (Å²) in [7, 11) is 5.97. The van der Waals surface area contributed by atoms with E-state index in [9.17, 15) is 0 Å². The van der Waals surface area contributed by atoms with Crippen molar-refractivity contribution in [3.8, 4) is 5.75 Å². The molecule has 0 aromatic heterocycles. The van der Waals surface area contributed by atoms with Crippen molar-refractivity contribution >= 4 is 11.4 Å². The third-order valence-electron chi connectivity index (χ3n) is 3.64. The standard InChI is InChI=1S/C14H23N3O/c1-16(2)12-5-4-6-17(10-12)13-7-11(15)8-14(9-13)18-3/h7-9,12H,4-6,10,15H2,1-3H3. The fourth-order valence-corrected chi connectivity index (χ4v) is 2.52. The Morgan fingerprint density at radius 3 is 2.78 bits per heavy atom. The molecular formula is C14H23N3O. The van der Waals surface area contributed by atoms with Gasteiger partial charge in [0.25, 0.3) is 0 Å². The molecule has 100 valence electrons. The molecule has 0 amide bonds. The molecule has 18 heavy (non-hydrogen) atoms. The van der Waals surface area contributed by atoms with Crippen LogP contribution in [-0.4, -0.2) is 45.2 Å². The van der Waals surface area contributed by atoms with Crippen molar-refractivity contribution in [1.29, 1.82) is 0 Å². The summed E-state index contributed by atoms with van der Waals surface area (Å²) in [6, 6.07) is 6.57. The summed E-state index contributed by atoms with van der Waals surface area (Å²) in [5, 5.41) is 0. The molecule has 0 spiro atoms. The van der Waals surface area contributed by atoms with E-state index < -0.39 is 0 Å². The highest BCUT2D eigenvalue weighted by Crippen LogP contribution is 2.28. The Hall–Kier alpha value is -1.42. The summed E-state index contributed by atoms with van der Waals surface area (Å²) >= 11 is 0. The molecule has 4 heteroatoms. The lowest BCUT2D eigenvalue weighted by atomic mass is 10.0. The predicted molar refractivity (Wildman–Crippen MR) is 76.3 cm³/mol. The van der Waals surface area contributed by atoms with Crippen LogP contribution < -0.4 is 15.4 Å². The van der Waals surface area contributed by atoms with Gasteiger partial charge in [-0.1, -0.05) is 0 Å². The molecule has 1 heterocycles. The van der Waals surface area contributed by atoms with E-state index in [1.165, 1.54) is 18.5 Å². The Labute approximate surface area is 109 Å². The van der Waals surface area contributed by atoms with Crippen molar-refractivity contribution in [2.24, 2.45) is 0 Å². The van der Waals surface area contributed by atoms with E-state index in [4.69, 9.17) is 10.5 Å². The summed E-state index contributed by atoms with van der Waals surface area (Å²) in [6.45, 7) is 2.15. The van der Waals surface area contributed by atoms with Crippen LogP contribution in [0.25, 0.3) is 0 Å². The molecule has 0 aliphatic carbocycles. The Morgan fingerprint density at radius 1 is 1.33 bits per heavy atom. The van der Waals surface area contributed by atoms with Crippen molar-refractivity contribution in [3.05, 3.63) is 18.2 Å². The number of rotatable bonds is 3. The first-order chi connectivity index (χ1) is 8.60. The van der Waals surface area contributed by atoms with Gasteiger partial charge in [0, 0.05) is 42.6 Å². The average molecular weight is 249 g/mol. The maximum absolute atomic E-state index is 5.92. The van der Waals surface area contributed by atoms with Crippen LogP contribution >= 0.6 is 0 Å². The number of ether oxygens (including phenoxy) is 1. The largest absolute Gasteiger partial charge is 0.497 e. The lowest BCUT2D eigenvalue weighted by Gasteiger charge is -2.37. The SMILES string of the molecule is COc1cc(N)cc(N2CCCC(N(C)C)C2)c1. The Bertz CT molecular complexity index is 406. The minimum atomic E-state index is 0.617. The van der Waals surface area contributed by atoms with Gasteiger partial charge in [0.1, 0.15) is 5.75 Å². The number of likely N-dealkylation sites (N-methyl/N-ethyl adjacent to an activating group) is 1. The summed E-state index contributed by atoms with van der Waals surface area (Å²) in [4.78, 5) is 4.70. The minimum absolute atomic E-state index is 0.617. The normalized spacial score (nSPS) is 20.2. The van der Waals surface area contributed by atoms with E-state index in [-0.39, 0.29) is 0 Å². The highest BCUT2D eigenvalue weighted by atomic mass is 16.5. The second-order valence-electron chi connectivity index (χ2n) is 5.17. The fourth-order valence-electron chi connectivity index (χ4n) is 2.52. The zero-order valence-electron chi connectivity index (χ0n) is 11.5. The van der Waals surface area contributed by atoms with Gasteiger partial charge in [-0.05, 0) is 33.0 Å². The first-order valence-electron chi connectivity index (χ1n) is 6.46. The molecule has 1 atom stereocenters. The highest BCUT2D eigenvalue weighted by Gasteiger charge is 2.21. The van der Waals surface area contributed by atoms with E-state index in [2.05, 4.69) is 30.0 Å². The number of nitrogen functional groups attached to an aromatic ring is 1. The molecule has 1 saturated heterocycles. The van der Waals surface area contributed by atoms with Crippen LogP contribution in [0.15, 0.2) is 18.2 Å². The molecule has 0 bridgehead atoms. The van der Waals surface area contributed by atoms with E-state index in [1.54, 1.807) is 7.11 Å². The van der Waals surface area contributed by atoms with Crippen LogP contribution in [0.2, 0.25) is 0 Å². The monoisotopic (exact) mass is 249 g/mol. The lowest BCUT2D eigenvalue weighted by Crippen LogP contribution is -2.45. The van der Waals surface area contributed by atoms with Gasteiger partial charge in [0.05, 0.1) is 7.11 Å². The minimum Gasteiger partial charge on any atom is -0.497 e. The van der Waals surface area contributed by atoms with Gasteiger partial charge in [-0.25, -0.2) is 0 Å². The average Bonchev–Trinajstić information content (AvgIpc) is 2.38. The van der Waals surface area contributed by atoms with Gasteiger partial charge >= 0.3 is 0 Å². The number of nitrogens with zero attached hydrogens (tertiary/aromatic N) is 2. The second-order valence-corrected chi connectivity index (χ2v) is 5.17. The van der Waals surface area contributed by atoms with Gasteiger partial charge in [-0.2, -0.15) is 0 Å². The molecule has 0 radical (unpaired) electrons. The molecule has 2 N–H and O–H groups in total. The van der Waals surface area contributed by atoms with Crippen LogP contribution in [-0.2, 0) is 0 Å². The molecule has 1 aliphatic heterocycles. The maximum atomic E-state index is 5.92. The summed E-state index contributed by atoms with van der Waals surface area (Å²) < 4.78 is 5.28. The zero-order valence-corrected chi connectivity index (χ0v) is 11.5. The first-order valence-corrected chi connectivity index (χ1v) is 6.46. The van der Waals surface area contributed by atoms with E-state index in [0.717, 1.165) is 24.5 Å². The third-order valence-corrected chi connectivity index (χ3v) is 3.64. The number of methoxy groups -OCH3 is 1. The molecule has 2 rings (SSSR count). The second kappa shape index (κ2) is 5.48. The van der Waals surface area contributed by atoms with E-state index in [1.807, 2.05) is 12.1 Å². The van der Waals surface area contributed by atoms with Gasteiger partial charge in [-0.3, -0.25) is 0 Å².